The third-order valence-electron chi connectivity index (χ3n) is 2.59. The summed E-state index contributed by atoms with van der Waals surface area (Å²) in [6, 6.07) is 14.4. The Kier molecular flexibility index (Phi) is 4.71. The molecule has 0 heterocycles. The second-order valence-electron chi connectivity index (χ2n) is 4.29. The average Bonchev–Trinajstić information content (AvgIpc) is 2.38. The minimum Gasteiger partial charge on any atom is -0.332 e. The summed E-state index contributed by atoms with van der Waals surface area (Å²) in [5, 5.41) is 6.34. The Morgan fingerprint density at radius 1 is 1.15 bits per heavy atom. The number of aryl methyl sites for hydroxylation is 1. The topological polar surface area (TPSA) is 41.1 Å². The van der Waals surface area contributed by atoms with E-state index in [1.807, 2.05) is 31.2 Å². The molecule has 0 aliphatic rings. The number of thiocarbonyl (C=S) groups is 1. The third kappa shape index (κ3) is 4.05. The van der Waals surface area contributed by atoms with Crippen LogP contribution in [0.25, 0.3) is 0 Å². The smallest absolute Gasteiger partial charge is 0.257 e. The van der Waals surface area contributed by atoms with Crippen molar-refractivity contribution in [1.29, 1.82) is 0 Å². The van der Waals surface area contributed by atoms with Gasteiger partial charge in [0.05, 0.1) is 0 Å². The molecule has 2 aromatic rings. The van der Waals surface area contributed by atoms with E-state index in [0.29, 0.717) is 10.6 Å². The molecule has 0 atom stereocenters. The lowest BCUT2D eigenvalue weighted by Gasteiger charge is -2.10. The van der Waals surface area contributed by atoms with Crippen LogP contribution in [0, 0.1) is 6.92 Å². The SMILES string of the molecule is Cc1cccc(NC(=S)NC(=O)c2cccc(Cl)c2)c1. The Bertz CT molecular complexity index is 658. The molecule has 0 radical (unpaired) electrons. The van der Waals surface area contributed by atoms with Gasteiger partial charge >= 0.3 is 0 Å². The number of carbonyl (C=O) groups is 1. The summed E-state index contributed by atoms with van der Waals surface area (Å²) in [6.45, 7) is 1.98. The van der Waals surface area contributed by atoms with Crippen LogP contribution < -0.4 is 10.6 Å². The molecule has 20 heavy (non-hydrogen) atoms. The molecule has 0 aliphatic heterocycles. The van der Waals surface area contributed by atoms with Crippen molar-refractivity contribution >= 4 is 40.5 Å². The maximum Gasteiger partial charge on any atom is 0.257 e. The molecule has 102 valence electrons. The number of halogens is 1. The maximum atomic E-state index is 12.0. The molecular formula is C15H13ClN2OS. The number of anilines is 1. The number of hydrogen-bond acceptors (Lipinski definition) is 2. The van der Waals surface area contributed by atoms with Gasteiger partial charge in [-0.2, -0.15) is 0 Å². The zero-order valence-electron chi connectivity index (χ0n) is 10.8. The van der Waals surface area contributed by atoms with Gasteiger partial charge in [0.15, 0.2) is 5.11 Å². The lowest BCUT2D eigenvalue weighted by molar-refractivity contribution is 0.0977. The molecule has 1 amide bonds. The largest absolute Gasteiger partial charge is 0.332 e. The van der Waals surface area contributed by atoms with Gasteiger partial charge in [0.2, 0.25) is 0 Å². The molecule has 2 aromatic carbocycles. The van der Waals surface area contributed by atoms with Crippen molar-refractivity contribution in [1.82, 2.24) is 5.32 Å². The summed E-state index contributed by atoms with van der Waals surface area (Å²) >= 11 is 11.0. The second kappa shape index (κ2) is 6.50. The van der Waals surface area contributed by atoms with Gasteiger partial charge < -0.3 is 5.32 Å². The van der Waals surface area contributed by atoms with Crippen LogP contribution >= 0.6 is 23.8 Å². The Morgan fingerprint density at radius 3 is 2.60 bits per heavy atom. The van der Waals surface area contributed by atoms with Crippen LogP contribution in [0.15, 0.2) is 48.5 Å². The molecule has 0 spiro atoms. The van der Waals surface area contributed by atoms with Gasteiger partial charge in [-0.15, -0.1) is 0 Å². The summed E-state index contributed by atoms with van der Waals surface area (Å²) in [7, 11) is 0. The zero-order chi connectivity index (χ0) is 14.5. The highest BCUT2D eigenvalue weighted by molar-refractivity contribution is 7.80. The van der Waals surface area contributed by atoms with Crippen LogP contribution in [-0.2, 0) is 0 Å². The first-order valence-corrected chi connectivity index (χ1v) is 6.78. The fourth-order valence-corrected chi connectivity index (χ4v) is 2.09. The van der Waals surface area contributed by atoms with Gasteiger partial charge in [0, 0.05) is 16.3 Å². The van der Waals surface area contributed by atoms with Gasteiger partial charge in [0.1, 0.15) is 0 Å². The monoisotopic (exact) mass is 304 g/mol. The minimum atomic E-state index is -0.294. The molecule has 0 saturated carbocycles. The molecule has 0 unspecified atom stereocenters. The summed E-state index contributed by atoms with van der Waals surface area (Å²) in [5.74, 6) is -0.294. The standard InChI is InChI=1S/C15H13ClN2OS/c1-10-4-2-7-13(8-10)17-15(20)18-14(19)11-5-3-6-12(16)9-11/h2-9H,1H3,(H2,17,18,19,20). The third-order valence-corrected chi connectivity index (χ3v) is 3.03. The highest BCUT2D eigenvalue weighted by Gasteiger charge is 2.08. The van der Waals surface area contributed by atoms with Crippen LogP contribution in [0.3, 0.4) is 0 Å². The lowest BCUT2D eigenvalue weighted by Crippen LogP contribution is -2.34. The number of benzene rings is 2. The van der Waals surface area contributed by atoms with E-state index in [1.165, 1.54) is 0 Å². The summed E-state index contributed by atoms with van der Waals surface area (Å²) in [6.07, 6.45) is 0. The molecule has 2 N–H and O–H groups in total. The number of hydrogen-bond donors (Lipinski definition) is 2. The fourth-order valence-electron chi connectivity index (χ4n) is 1.69. The Morgan fingerprint density at radius 2 is 1.90 bits per heavy atom. The molecule has 0 bridgehead atoms. The van der Waals surface area contributed by atoms with Crippen molar-refractivity contribution in [3.63, 3.8) is 0 Å². The highest BCUT2D eigenvalue weighted by Crippen LogP contribution is 2.11. The van der Waals surface area contributed by atoms with E-state index >= 15 is 0 Å². The van der Waals surface area contributed by atoms with E-state index in [9.17, 15) is 4.79 Å². The van der Waals surface area contributed by atoms with Crippen LogP contribution in [0.2, 0.25) is 5.02 Å². The predicted octanol–water partition coefficient (Wildman–Crippen LogP) is 3.78. The van der Waals surface area contributed by atoms with Crippen LogP contribution in [0.1, 0.15) is 15.9 Å². The average molecular weight is 305 g/mol. The van der Waals surface area contributed by atoms with E-state index in [-0.39, 0.29) is 11.0 Å². The maximum absolute atomic E-state index is 12.0. The molecule has 0 saturated heterocycles. The number of carbonyl (C=O) groups excluding carboxylic acids is 1. The number of amides is 1. The number of rotatable bonds is 2. The minimum absolute atomic E-state index is 0.251. The van der Waals surface area contributed by atoms with Crippen molar-refractivity contribution in [2.24, 2.45) is 0 Å². The van der Waals surface area contributed by atoms with Gasteiger partial charge in [-0.3, -0.25) is 10.1 Å². The molecular weight excluding hydrogens is 292 g/mol. The molecule has 0 fully saturated rings. The summed E-state index contributed by atoms with van der Waals surface area (Å²) < 4.78 is 0. The van der Waals surface area contributed by atoms with Crippen LogP contribution in [-0.4, -0.2) is 11.0 Å². The predicted molar refractivity (Wildman–Crippen MR) is 86.3 cm³/mol. The molecule has 0 aliphatic carbocycles. The quantitative estimate of drug-likeness (QED) is 0.830. The first kappa shape index (κ1) is 14.5. The first-order valence-electron chi connectivity index (χ1n) is 5.99. The molecule has 5 heteroatoms. The lowest BCUT2D eigenvalue weighted by atomic mass is 10.2. The van der Waals surface area contributed by atoms with E-state index in [0.717, 1.165) is 11.3 Å². The normalized spacial score (nSPS) is 9.90. The van der Waals surface area contributed by atoms with Gasteiger partial charge in [-0.25, -0.2) is 0 Å². The summed E-state index contributed by atoms with van der Waals surface area (Å²) in [4.78, 5) is 12.0. The Labute approximate surface area is 128 Å². The molecule has 3 nitrogen and oxygen atoms in total. The Hall–Kier alpha value is -1.91. The van der Waals surface area contributed by atoms with Crippen molar-refractivity contribution in [3.05, 3.63) is 64.7 Å². The fraction of sp³-hybridized carbons (Fsp3) is 0.0667. The second-order valence-corrected chi connectivity index (χ2v) is 5.13. The highest BCUT2D eigenvalue weighted by atomic mass is 35.5. The van der Waals surface area contributed by atoms with E-state index in [4.69, 9.17) is 23.8 Å². The molecule has 2 rings (SSSR count). The van der Waals surface area contributed by atoms with E-state index in [1.54, 1.807) is 24.3 Å². The zero-order valence-corrected chi connectivity index (χ0v) is 12.4. The van der Waals surface area contributed by atoms with Gasteiger partial charge in [-0.1, -0.05) is 29.8 Å². The van der Waals surface area contributed by atoms with Crippen molar-refractivity contribution in [2.75, 3.05) is 5.32 Å². The van der Waals surface area contributed by atoms with Crippen molar-refractivity contribution in [2.45, 2.75) is 6.92 Å². The van der Waals surface area contributed by atoms with Crippen molar-refractivity contribution in [3.8, 4) is 0 Å². The first-order chi connectivity index (χ1) is 9.54. The van der Waals surface area contributed by atoms with Crippen molar-refractivity contribution < 1.29 is 4.79 Å². The summed E-state index contributed by atoms with van der Waals surface area (Å²) in [5.41, 5.74) is 2.41. The Balaban J connectivity index is 1.99. The van der Waals surface area contributed by atoms with Gasteiger partial charge in [0.25, 0.3) is 5.91 Å². The van der Waals surface area contributed by atoms with E-state index < -0.39 is 0 Å². The van der Waals surface area contributed by atoms with E-state index in [2.05, 4.69) is 10.6 Å². The molecule has 0 aromatic heterocycles. The van der Waals surface area contributed by atoms with Crippen LogP contribution in [0.4, 0.5) is 5.69 Å². The van der Waals surface area contributed by atoms with Crippen LogP contribution in [0.5, 0.6) is 0 Å². The number of nitrogens with one attached hydrogen (secondary N) is 2. The van der Waals surface area contributed by atoms with Gasteiger partial charge in [-0.05, 0) is 55.0 Å².